The second kappa shape index (κ2) is 9.12. The molecule has 0 fully saturated rings. The van der Waals surface area contributed by atoms with Crippen LogP contribution in [0.15, 0.2) is 56.8 Å². The lowest BCUT2D eigenvalue weighted by molar-refractivity contribution is 0.0950. The van der Waals surface area contributed by atoms with Crippen molar-refractivity contribution in [1.82, 2.24) is 30.7 Å². The van der Waals surface area contributed by atoms with Gasteiger partial charge in [0.2, 0.25) is 11.6 Å². The molecule has 0 bridgehead atoms. The highest BCUT2D eigenvalue weighted by molar-refractivity contribution is 6.01. The van der Waals surface area contributed by atoms with Crippen LogP contribution < -0.4 is 15.9 Å². The molecule has 164 valence electrons. The standard InChI is InChI=1S/C20H20N8O4/c1-3-10-30-14-8-6-13(7-9-14)17-16(23-27-28(17)19-18(21)25-32-26-19)20(29)24-22-12(2)15-5-4-11-31-15/h4-9,11H,3,10H2,1-2H3,(H2,21,25)(H,24,29)/b22-12-. The Morgan fingerprint density at radius 3 is 2.72 bits per heavy atom. The fraction of sp³-hybridized carbons (Fsp3) is 0.200. The smallest absolute Gasteiger partial charge is 0.294 e. The highest BCUT2D eigenvalue weighted by atomic mass is 16.6. The maximum absolute atomic E-state index is 12.9. The van der Waals surface area contributed by atoms with Crippen molar-refractivity contribution >= 4 is 17.4 Å². The SMILES string of the molecule is CCCOc1ccc(-c2c(C(=O)N/N=C(/C)c3ccco3)nnn2-c2nonc2N)cc1. The summed E-state index contributed by atoms with van der Waals surface area (Å²) in [5, 5.41) is 19.4. The zero-order valence-electron chi connectivity index (χ0n) is 17.3. The summed E-state index contributed by atoms with van der Waals surface area (Å²) < 4.78 is 16.9. The number of anilines is 1. The molecule has 0 saturated heterocycles. The molecule has 0 radical (unpaired) electrons. The molecule has 0 aliphatic heterocycles. The Balaban J connectivity index is 1.70. The molecule has 3 aromatic heterocycles. The van der Waals surface area contributed by atoms with E-state index >= 15 is 0 Å². The lowest BCUT2D eigenvalue weighted by atomic mass is 10.1. The predicted molar refractivity (Wildman–Crippen MR) is 113 cm³/mol. The van der Waals surface area contributed by atoms with Gasteiger partial charge in [0.1, 0.15) is 22.9 Å². The van der Waals surface area contributed by atoms with Gasteiger partial charge in [-0.25, -0.2) is 10.1 Å². The fourth-order valence-corrected chi connectivity index (χ4v) is 2.84. The van der Waals surface area contributed by atoms with Crippen LogP contribution in [-0.2, 0) is 0 Å². The third-order valence-electron chi connectivity index (χ3n) is 4.39. The quantitative estimate of drug-likeness (QED) is 0.312. The van der Waals surface area contributed by atoms with Crippen molar-refractivity contribution < 1.29 is 18.6 Å². The first-order chi connectivity index (χ1) is 15.6. The van der Waals surface area contributed by atoms with Crippen LogP contribution in [-0.4, -0.2) is 43.5 Å². The van der Waals surface area contributed by atoms with E-state index in [0.717, 1.165) is 6.42 Å². The molecule has 32 heavy (non-hydrogen) atoms. The third kappa shape index (κ3) is 4.19. The van der Waals surface area contributed by atoms with Crippen molar-refractivity contribution in [2.45, 2.75) is 20.3 Å². The molecular formula is C20H20N8O4. The highest BCUT2D eigenvalue weighted by Gasteiger charge is 2.25. The van der Waals surface area contributed by atoms with Gasteiger partial charge in [-0.05, 0) is 60.1 Å². The Labute approximate surface area is 182 Å². The van der Waals surface area contributed by atoms with Gasteiger partial charge < -0.3 is 14.9 Å². The van der Waals surface area contributed by atoms with Gasteiger partial charge in [0, 0.05) is 5.56 Å². The average molecular weight is 436 g/mol. The van der Waals surface area contributed by atoms with Crippen molar-refractivity contribution in [3.8, 4) is 22.8 Å². The molecule has 3 heterocycles. The van der Waals surface area contributed by atoms with Crippen LogP contribution in [0.5, 0.6) is 5.75 Å². The number of hydrogen-bond acceptors (Lipinski definition) is 10. The van der Waals surface area contributed by atoms with Crippen LogP contribution in [0.3, 0.4) is 0 Å². The van der Waals surface area contributed by atoms with E-state index in [0.29, 0.717) is 35.1 Å². The van der Waals surface area contributed by atoms with Crippen molar-refractivity contribution in [2.24, 2.45) is 5.10 Å². The largest absolute Gasteiger partial charge is 0.494 e. The number of nitrogens with one attached hydrogen (secondary N) is 1. The Kier molecular flexibility index (Phi) is 5.92. The number of nitrogens with two attached hydrogens (primary N) is 1. The van der Waals surface area contributed by atoms with Gasteiger partial charge >= 0.3 is 0 Å². The second-order valence-electron chi connectivity index (χ2n) is 6.66. The van der Waals surface area contributed by atoms with Crippen molar-refractivity contribution in [2.75, 3.05) is 12.3 Å². The molecule has 12 heteroatoms. The summed E-state index contributed by atoms with van der Waals surface area (Å²) in [5.74, 6) is 0.740. The lowest BCUT2D eigenvalue weighted by Gasteiger charge is -2.08. The summed E-state index contributed by atoms with van der Waals surface area (Å²) in [6.07, 6.45) is 2.41. The summed E-state index contributed by atoms with van der Waals surface area (Å²) in [5.41, 5.74) is 9.74. The van der Waals surface area contributed by atoms with Crippen molar-refractivity contribution in [1.29, 1.82) is 0 Å². The summed E-state index contributed by atoms with van der Waals surface area (Å²) in [6, 6.07) is 10.6. The average Bonchev–Trinajstić information content (AvgIpc) is 3.56. The zero-order valence-corrected chi connectivity index (χ0v) is 17.3. The van der Waals surface area contributed by atoms with Crippen LogP contribution >= 0.6 is 0 Å². The first-order valence-corrected chi connectivity index (χ1v) is 9.74. The molecule has 4 rings (SSSR count). The number of rotatable bonds is 8. The maximum Gasteiger partial charge on any atom is 0.294 e. The van der Waals surface area contributed by atoms with E-state index in [-0.39, 0.29) is 17.3 Å². The van der Waals surface area contributed by atoms with Gasteiger partial charge in [-0.3, -0.25) is 4.79 Å². The second-order valence-corrected chi connectivity index (χ2v) is 6.66. The minimum Gasteiger partial charge on any atom is -0.494 e. The molecule has 12 nitrogen and oxygen atoms in total. The Morgan fingerprint density at radius 1 is 1.25 bits per heavy atom. The van der Waals surface area contributed by atoms with Gasteiger partial charge in [-0.1, -0.05) is 12.1 Å². The number of hydrogen-bond donors (Lipinski definition) is 2. The molecule has 0 spiro atoms. The van der Waals surface area contributed by atoms with Crippen LogP contribution in [0.4, 0.5) is 5.82 Å². The molecule has 3 N–H and O–H groups in total. The first-order valence-electron chi connectivity index (χ1n) is 9.74. The first kappa shape index (κ1) is 20.8. The van der Waals surface area contributed by atoms with E-state index < -0.39 is 5.91 Å². The van der Waals surface area contributed by atoms with E-state index in [1.807, 2.05) is 6.92 Å². The Bertz CT molecular complexity index is 1230. The zero-order chi connectivity index (χ0) is 22.5. The van der Waals surface area contributed by atoms with E-state index in [2.05, 4.69) is 35.8 Å². The van der Waals surface area contributed by atoms with Gasteiger partial charge in [-0.15, -0.1) is 5.10 Å². The summed E-state index contributed by atoms with van der Waals surface area (Å²) in [4.78, 5) is 12.9. The van der Waals surface area contributed by atoms with E-state index in [1.54, 1.807) is 43.3 Å². The number of hydrazone groups is 1. The summed E-state index contributed by atoms with van der Waals surface area (Å²) in [6.45, 7) is 4.32. The number of amides is 1. The topological polar surface area (TPSA) is 159 Å². The van der Waals surface area contributed by atoms with E-state index in [9.17, 15) is 4.79 Å². The molecule has 0 atom stereocenters. The number of nitrogens with zero attached hydrogens (tertiary/aromatic N) is 6. The Hall–Kier alpha value is -4.48. The van der Waals surface area contributed by atoms with Gasteiger partial charge in [0.25, 0.3) is 5.91 Å². The van der Waals surface area contributed by atoms with Gasteiger partial charge in [-0.2, -0.15) is 9.78 Å². The molecule has 4 aromatic rings. The lowest BCUT2D eigenvalue weighted by Crippen LogP contribution is -2.20. The van der Waals surface area contributed by atoms with Crippen molar-refractivity contribution in [3.63, 3.8) is 0 Å². The van der Waals surface area contributed by atoms with Crippen LogP contribution in [0, 0.1) is 0 Å². The molecule has 0 aliphatic carbocycles. The Morgan fingerprint density at radius 2 is 2.06 bits per heavy atom. The minimum atomic E-state index is -0.585. The van der Waals surface area contributed by atoms with Gasteiger partial charge in [0.15, 0.2) is 5.69 Å². The molecule has 0 unspecified atom stereocenters. The molecule has 0 saturated carbocycles. The van der Waals surface area contributed by atoms with Crippen LogP contribution in [0.2, 0.25) is 0 Å². The molecule has 1 aromatic carbocycles. The predicted octanol–water partition coefficient (Wildman–Crippen LogP) is 2.44. The van der Waals surface area contributed by atoms with E-state index in [1.165, 1.54) is 10.9 Å². The number of aromatic nitrogens is 5. The number of ether oxygens (including phenoxy) is 1. The van der Waals surface area contributed by atoms with E-state index in [4.69, 9.17) is 14.9 Å². The number of nitrogen functional groups attached to an aromatic ring is 1. The molecular weight excluding hydrogens is 416 g/mol. The number of benzene rings is 1. The summed E-state index contributed by atoms with van der Waals surface area (Å²) >= 11 is 0. The maximum atomic E-state index is 12.9. The number of carbonyl (C=O) groups is 1. The fourth-order valence-electron chi connectivity index (χ4n) is 2.84. The monoisotopic (exact) mass is 436 g/mol. The molecule has 1 amide bonds. The number of furan rings is 1. The third-order valence-corrected chi connectivity index (χ3v) is 4.39. The number of carbonyl (C=O) groups excluding carboxylic acids is 1. The van der Waals surface area contributed by atoms with Crippen LogP contribution in [0.1, 0.15) is 36.5 Å². The minimum absolute atomic E-state index is 0.00214. The highest BCUT2D eigenvalue weighted by Crippen LogP contribution is 2.28. The van der Waals surface area contributed by atoms with Crippen LogP contribution in [0.25, 0.3) is 17.1 Å². The normalized spacial score (nSPS) is 11.5. The van der Waals surface area contributed by atoms with Gasteiger partial charge in [0.05, 0.1) is 12.9 Å². The van der Waals surface area contributed by atoms with Crippen molar-refractivity contribution in [3.05, 3.63) is 54.1 Å². The summed E-state index contributed by atoms with van der Waals surface area (Å²) in [7, 11) is 0. The molecule has 0 aliphatic rings.